The molecule has 0 atom stereocenters. The van der Waals surface area contributed by atoms with Gasteiger partial charge in [-0.2, -0.15) is 13.7 Å². The van der Waals surface area contributed by atoms with Gasteiger partial charge < -0.3 is 4.98 Å². The molecule has 0 saturated carbocycles. The molecular formula is C13H9BrN4O2S2. The summed E-state index contributed by atoms with van der Waals surface area (Å²) >= 11 is 4.22. The first-order valence-corrected chi connectivity index (χ1v) is 9.16. The van der Waals surface area contributed by atoms with E-state index in [9.17, 15) is 8.42 Å². The monoisotopic (exact) mass is 396 g/mol. The molecule has 0 spiro atoms. The molecule has 0 aliphatic rings. The summed E-state index contributed by atoms with van der Waals surface area (Å²) in [5, 5.41) is 9.84. The molecule has 112 valence electrons. The molecular weight excluding hydrogens is 388 g/mol. The van der Waals surface area contributed by atoms with Crippen LogP contribution in [0.3, 0.4) is 0 Å². The standard InChI is InChI=1S/C13H9BrN4O2S2/c1-7-2-3-9(12-11(7)8(4-15)5-16-12)18-22(19,20)13-17-6-10(14)21-13/h2-3,5-6,16,18H,1H3. The first-order valence-electron chi connectivity index (χ1n) is 6.07. The number of halogens is 1. The van der Waals surface area contributed by atoms with Crippen molar-refractivity contribution in [2.45, 2.75) is 11.3 Å². The molecule has 0 aliphatic carbocycles. The number of fused-ring (bicyclic) bond motifs is 1. The van der Waals surface area contributed by atoms with E-state index in [1.807, 2.05) is 6.92 Å². The van der Waals surface area contributed by atoms with E-state index in [2.05, 4.69) is 36.7 Å². The van der Waals surface area contributed by atoms with Gasteiger partial charge in [0.15, 0.2) is 0 Å². The highest BCUT2D eigenvalue weighted by atomic mass is 79.9. The minimum absolute atomic E-state index is 0.0276. The second-order valence-electron chi connectivity index (χ2n) is 4.53. The smallest absolute Gasteiger partial charge is 0.289 e. The molecule has 0 radical (unpaired) electrons. The molecule has 2 aromatic heterocycles. The molecule has 0 aliphatic heterocycles. The van der Waals surface area contributed by atoms with Crippen LogP contribution in [0, 0.1) is 18.3 Å². The third-order valence-electron chi connectivity index (χ3n) is 3.09. The molecule has 3 rings (SSSR count). The summed E-state index contributed by atoms with van der Waals surface area (Å²) in [6.07, 6.45) is 3.00. The number of hydrogen-bond donors (Lipinski definition) is 2. The Kier molecular flexibility index (Phi) is 3.68. The first-order chi connectivity index (χ1) is 10.4. The molecule has 6 nitrogen and oxygen atoms in total. The predicted octanol–water partition coefficient (Wildman–Crippen LogP) is 3.37. The maximum absolute atomic E-state index is 12.4. The molecule has 0 saturated heterocycles. The van der Waals surface area contributed by atoms with Gasteiger partial charge in [0.2, 0.25) is 4.34 Å². The molecule has 1 aromatic carbocycles. The number of aryl methyl sites for hydroxylation is 1. The van der Waals surface area contributed by atoms with Crippen molar-refractivity contribution in [2.75, 3.05) is 4.72 Å². The van der Waals surface area contributed by atoms with Crippen molar-refractivity contribution >= 4 is 53.9 Å². The largest absolute Gasteiger partial charge is 0.358 e. The summed E-state index contributed by atoms with van der Waals surface area (Å²) in [5.41, 5.74) is 2.34. The van der Waals surface area contributed by atoms with Crippen LogP contribution in [0.4, 0.5) is 5.69 Å². The van der Waals surface area contributed by atoms with Crippen molar-refractivity contribution < 1.29 is 8.42 Å². The summed E-state index contributed by atoms with van der Waals surface area (Å²) in [6, 6.07) is 5.52. The van der Waals surface area contributed by atoms with E-state index in [0.717, 1.165) is 16.9 Å². The Morgan fingerprint density at radius 3 is 2.86 bits per heavy atom. The fraction of sp³-hybridized carbons (Fsp3) is 0.0769. The highest BCUT2D eigenvalue weighted by Crippen LogP contribution is 2.31. The Morgan fingerprint density at radius 1 is 1.45 bits per heavy atom. The second kappa shape index (κ2) is 5.39. The lowest BCUT2D eigenvalue weighted by atomic mass is 10.1. The molecule has 2 N–H and O–H groups in total. The zero-order chi connectivity index (χ0) is 15.9. The van der Waals surface area contributed by atoms with E-state index in [1.165, 1.54) is 6.20 Å². The van der Waals surface area contributed by atoms with Crippen LogP contribution in [0.25, 0.3) is 10.9 Å². The van der Waals surface area contributed by atoms with Gasteiger partial charge in [-0.25, -0.2) is 4.98 Å². The maximum atomic E-state index is 12.4. The van der Waals surface area contributed by atoms with Crippen molar-refractivity contribution in [3.05, 3.63) is 39.4 Å². The molecule has 2 heterocycles. The summed E-state index contributed by atoms with van der Waals surface area (Å²) in [7, 11) is -3.77. The molecule has 0 fully saturated rings. The Balaban J connectivity index is 2.11. The molecule has 3 aromatic rings. The number of H-pyrrole nitrogens is 1. The average Bonchev–Trinajstić information content (AvgIpc) is 3.08. The number of nitriles is 1. The van der Waals surface area contributed by atoms with E-state index in [4.69, 9.17) is 5.26 Å². The minimum atomic E-state index is -3.77. The van der Waals surface area contributed by atoms with Gasteiger partial charge in [-0.05, 0) is 34.5 Å². The van der Waals surface area contributed by atoms with E-state index in [-0.39, 0.29) is 4.34 Å². The number of rotatable bonds is 3. The third kappa shape index (κ3) is 2.49. The second-order valence-corrected chi connectivity index (χ2v) is 8.80. The van der Waals surface area contributed by atoms with Crippen molar-refractivity contribution in [1.29, 1.82) is 5.26 Å². The van der Waals surface area contributed by atoms with Crippen molar-refractivity contribution in [3.8, 4) is 6.07 Å². The van der Waals surface area contributed by atoms with Crippen LogP contribution in [-0.2, 0) is 10.0 Å². The van der Waals surface area contributed by atoms with Gasteiger partial charge in [0.25, 0.3) is 10.0 Å². The average molecular weight is 397 g/mol. The highest BCUT2D eigenvalue weighted by molar-refractivity contribution is 9.11. The molecule has 9 heteroatoms. The fourth-order valence-corrected chi connectivity index (χ4v) is 4.98. The number of aromatic amines is 1. The number of hydrogen-bond acceptors (Lipinski definition) is 5. The maximum Gasteiger partial charge on any atom is 0.289 e. The number of thiazole rings is 1. The normalized spacial score (nSPS) is 11.5. The SMILES string of the molecule is Cc1ccc(NS(=O)(=O)c2ncc(Br)s2)c2[nH]cc(C#N)c12. The zero-order valence-electron chi connectivity index (χ0n) is 11.2. The number of benzene rings is 1. The summed E-state index contributed by atoms with van der Waals surface area (Å²) in [5.74, 6) is 0. The van der Waals surface area contributed by atoms with Crippen LogP contribution >= 0.6 is 27.3 Å². The topological polar surface area (TPSA) is 98.6 Å². The van der Waals surface area contributed by atoms with Crippen LogP contribution in [0.15, 0.2) is 32.7 Å². The van der Waals surface area contributed by atoms with Crippen LogP contribution in [-0.4, -0.2) is 18.4 Å². The number of nitrogens with one attached hydrogen (secondary N) is 2. The van der Waals surface area contributed by atoms with Crippen molar-refractivity contribution in [3.63, 3.8) is 0 Å². The number of sulfonamides is 1. The quantitative estimate of drug-likeness (QED) is 0.708. The summed E-state index contributed by atoms with van der Waals surface area (Å²) < 4.78 is 27.8. The number of anilines is 1. The van der Waals surface area contributed by atoms with Gasteiger partial charge in [-0.3, -0.25) is 4.72 Å². The summed E-state index contributed by atoms with van der Waals surface area (Å²) in [4.78, 5) is 6.81. The first kappa shape index (κ1) is 15.0. The van der Waals surface area contributed by atoms with Gasteiger partial charge in [0, 0.05) is 11.6 Å². The van der Waals surface area contributed by atoms with Gasteiger partial charge in [0.1, 0.15) is 6.07 Å². The lowest BCUT2D eigenvalue weighted by Crippen LogP contribution is -2.13. The lowest BCUT2D eigenvalue weighted by molar-refractivity contribution is 0.600. The lowest BCUT2D eigenvalue weighted by Gasteiger charge is -2.08. The third-order valence-corrected chi connectivity index (χ3v) is 6.33. The van der Waals surface area contributed by atoms with E-state index in [0.29, 0.717) is 25.9 Å². The zero-order valence-corrected chi connectivity index (χ0v) is 14.4. The van der Waals surface area contributed by atoms with Crippen molar-refractivity contribution in [2.24, 2.45) is 0 Å². The van der Waals surface area contributed by atoms with E-state index >= 15 is 0 Å². The van der Waals surface area contributed by atoms with E-state index < -0.39 is 10.0 Å². The van der Waals surface area contributed by atoms with Crippen LogP contribution in [0.5, 0.6) is 0 Å². The molecule has 0 unspecified atom stereocenters. The summed E-state index contributed by atoms with van der Waals surface area (Å²) in [6.45, 7) is 1.87. The fourth-order valence-electron chi connectivity index (χ4n) is 2.15. The number of nitrogens with zero attached hydrogens (tertiary/aromatic N) is 2. The Hall–Kier alpha value is -1.89. The minimum Gasteiger partial charge on any atom is -0.358 e. The molecule has 0 amide bonds. The van der Waals surface area contributed by atoms with Crippen LogP contribution in [0.2, 0.25) is 0 Å². The van der Waals surface area contributed by atoms with Gasteiger partial charge >= 0.3 is 0 Å². The van der Waals surface area contributed by atoms with Gasteiger partial charge in [-0.1, -0.05) is 17.4 Å². The number of aromatic nitrogens is 2. The highest BCUT2D eigenvalue weighted by Gasteiger charge is 2.21. The Morgan fingerprint density at radius 2 is 2.23 bits per heavy atom. The molecule has 22 heavy (non-hydrogen) atoms. The van der Waals surface area contributed by atoms with E-state index in [1.54, 1.807) is 18.3 Å². The van der Waals surface area contributed by atoms with Gasteiger partial charge in [-0.15, -0.1) is 0 Å². The Labute approximate surface area is 139 Å². The van der Waals surface area contributed by atoms with Crippen LogP contribution in [0.1, 0.15) is 11.1 Å². The predicted molar refractivity (Wildman–Crippen MR) is 88.4 cm³/mol. The van der Waals surface area contributed by atoms with Crippen molar-refractivity contribution in [1.82, 2.24) is 9.97 Å². The Bertz CT molecular complexity index is 1010. The molecule has 0 bridgehead atoms. The van der Waals surface area contributed by atoms with Crippen LogP contribution < -0.4 is 4.72 Å². The van der Waals surface area contributed by atoms with Gasteiger partial charge in [0.05, 0.1) is 26.8 Å².